The zero-order valence-electron chi connectivity index (χ0n) is 16.5. The van der Waals surface area contributed by atoms with Crippen LogP contribution in [0, 0.1) is 0 Å². The molecule has 2 N–H and O–H groups in total. The minimum atomic E-state index is -0.0654. The summed E-state index contributed by atoms with van der Waals surface area (Å²) in [5, 5.41) is 6.48. The maximum atomic E-state index is 12.4. The molecule has 0 radical (unpaired) electrons. The van der Waals surface area contributed by atoms with Gasteiger partial charge in [-0.25, -0.2) is 4.98 Å². The standard InChI is InChI=1S/C23H30N4O/c28-23(26-18-7-3-1-4-8-18)22-14-11-20(17-24-22)25-19-9-12-21(13-10-19)27-15-5-2-6-16-27/h9-14,17-18,25H,1-8,15-16H2,(H,26,28). The Kier molecular flexibility index (Phi) is 6.10. The molecular weight excluding hydrogens is 348 g/mol. The van der Waals surface area contributed by atoms with Crippen molar-refractivity contribution in [3.8, 4) is 0 Å². The normalized spacial score (nSPS) is 17.9. The molecule has 148 valence electrons. The van der Waals surface area contributed by atoms with Gasteiger partial charge in [0.1, 0.15) is 5.69 Å². The van der Waals surface area contributed by atoms with Gasteiger partial charge in [0.2, 0.25) is 0 Å². The van der Waals surface area contributed by atoms with Crippen LogP contribution in [-0.4, -0.2) is 30.0 Å². The van der Waals surface area contributed by atoms with Crippen LogP contribution in [0.25, 0.3) is 0 Å². The van der Waals surface area contributed by atoms with E-state index in [2.05, 4.69) is 44.8 Å². The first-order valence-corrected chi connectivity index (χ1v) is 10.7. The van der Waals surface area contributed by atoms with Crippen molar-refractivity contribution in [1.29, 1.82) is 0 Å². The quantitative estimate of drug-likeness (QED) is 0.779. The molecular formula is C23H30N4O. The zero-order valence-corrected chi connectivity index (χ0v) is 16.5. The lowest BCUT2D eigenvalue weighted by molar-refractivity contribution is 0.0922. The number of benzene rings is 1. The van der Waals surface area contributed by atoms with Gasteiger partial charge in [0, 0.05) is 30.5 Å². The molecule has 1 aliphatic carbocycles. The number of carbonyl (C=O) groups is 1. The van der Waals surface area contributed by atoms with E-state index in [4.69, 9.17) is 0 Å². The number of nitrogens with one attached hydrogen (secondary N) is 2. The number of rotatable bonds is 5. The van der Waals surface area contributed by atoms with Crippen LogP contribution in [0.15, 0.2) is 42.6 Å². The molecule has 0 spiro atoms. The van der Waals surface area contributed by atoms with Gasteiger partial charge in [-0.1, -0.05) is 19.3 Å². The van der Waals surface area contributed by atoms with Crippen molar-refractivity contribution in [2.75, 3.05) is 23.3 Å². The van der Waals surface area contributed by atoms with E-state index in [9.17, 15) is 4.79 Å². The van der Waals surface area contributed by atoms with Crippen molar-refractivity contribution in [3.63, 3.8) is 0 Å². The molecule has 2 heterocycles. The first-order chi connectivity index (χ1) is 13.8. The summed E-state index contributed by atoms with van der Waals surface area (Å²) in [6.07, 6.45) is 11.5. The van der Waals surface area contributed by atoms with Crippen LogP contribution in [-0.2, 0) is 0 Å². The molecule has 0 unspecified atom stereocenters. The van der Waals surface area contributed by atoms with E-state index in [1.807, 2.05) is 6.07 Å². The van der Waals surface area contributed by atoms with Crippen LogP contribution >= 0.6 is 0 Å². The van der Waals surface area contributed by atoms with Crippen LogP contribution in [0.2, 0.25) is 0 Å². The molecule has 5 nitrogen and oxygen atoms in total. The summed E-state index contributed by atoms with van der Waals surface area (Å²) in [6, 6.07) is 12.6. The van der Waals surface area contributed by atoms with Crippen LogP contribution in [0.1, 0.15) is 61.9 Å². The SMILES string of the molecule is O=C(NC1CCCCC1)c1ccc(Nc2ccc(N3CCCCC3)cc2)cn1. The Morgan fingerprint density at radius 2 is 1.54 bits per heavy atom. The van der Waals surface area contributed by atoms with Gasteiger partial charge in [0.25, 0.3) is 5.91 Å². The van der Waals surface area contributed by atoms with Gasteiger partial charge in [-0.05, 0) is 68.5 Å². The molecule has 1 saturated carbocycles. The molecule has 2 aromatic rings. The van der Waals surface area contributed by atoms with E-state index in [0.29, 0.717) is 11.7 Å². The summed E-state index contributed by atoms with van der Waals surface area (Å²) in [5.74, 6) is -0.0654. The zero-order chi connectivity index (χ0) is 19.2. The molecule has 1 aromatic heterocycles. The fraction of sp³-hybridized carbons (Fsp3) is 0.478. The van der Waals surface area contributed by atoms with Crippen molar-refractivity contribution >= 4 is 23.0 Å². The van der Waals surface area contributed by atoms with Gasteiger partial charge in [-0.2, -0.15) is 0 Å². The Hall–Kier alpha value is -2.56. The number of anilines is 3. The van der Waals surface area contributed by atoms with Gasteiger partial charge in [0.05, 0.1) is 11.9 Å². The average molecular weight is 379 g/mol. The number of amides is 1. The van der Waals surface area contributed by atoms with Crippen molar-refractivity contribution in [1.82, 2.24) is 10.3 Å². The second kappa shape index (κ2) is 9.09. The summed E-state index contributed by atoms with van der Waals surface area (Å²) >= 11 is 0. The number of piperidine rings is 1. The third-order valence-electron chi connectivity index (χ3n) is 5.81. The van der Waals surface area contributed by atoms with Crippen LogP contribution in [0.5, 0.6) is 0 Å². The molecule has 0 bridgehead atoms. The second-order valence-corrected chi connectivity index (χ2v) is 7.96. The second-order valence-electron chi connectivity index (χ2n) is 7.96. The molecule has 1 aliphatic heterocycles. The smallest absolute Gasteiger partial charge is 0.270 e. The lowest BCUT2D eigenvalue weighted by Crippen LogP contribution is -2.36. The largest absolute Gasteiger partial charge is 0.372 e. The maximum Gasteiger partial charge on any atom is 0.270 e. The van der Waals surface area contributed by atoms with Gasteiger partial charge in [-0.3, -0.25) is 4.79 Å². The maximum absolute atomic E-state index is 12.4. The minimum absolute atomic E-state index is 0.0654. The minimum Gasteiger partial charge on any atom is -0.372 e. The van der Waals surface area contributed by atoms with Crippen molar-refractivity contribution < 1.29 is 4.79 Å². The molecule has 1 amide bonds. The Morgan fingerprint density at radius 3 is 2.21 bits per heavy atom. The Labute approximate surface area is 167 Å². The van der Waals surface area contributed by atoms with Crippen LogP contribution < -0.4 is 15.5 Å². The number of aromatic nitrogens is 1. The topological polar surface area (TPSA) is 57.3 Å². The number of hydrogen-bond acceptors (Lipinski definition) is 4. The summed E-state index contributed by atoms with van der Waals surface area (Å²) in [4.78, 5) is 19.2. The number of hydrogen-bond donors (Lipinski definition) is 2. The van der Waals surface area contributed by atoms with Crippen molar-refractivity contribution in [2.24, 2.45) is 0 Å². The van der Waals surface area contributed by atoms with E-state index >= 15 is 0 Å². The highest BCUT2D eigenvalue weighted by Gasteiger charge is 2.17. The van der Waals surface area contributed by atoms with Crippen LogP contribution in [0.4, 0.5) is 17.1 Å². The monoisotopic (exact) mass is 378 g/mol. The summed E-state index contributed by atoms with van der Waals surface area (Å²) in [5.41, 5.74) is 3.69. The van der Waals surface area contributed by atoms with E-state index in [1.54, 1.807) is 12.3 Å². The highest BCUT2D eigenvalue weighted by molar-refractivity contribution is 5.92. The molecule has 5 heteroatoms. The molecule has 2 fully saturated rings. The average Bonchev–Trinajstić information content (AvgIpc) is 2.76. The lowest BCUT2D eigenvalue weighted by atomic mass is 9.95. The molecule has 2 aliphatic rings. The number of carbonyl (C=O) groups excluding carboxylic acids is 1. The van der Waals surface area contributed by atoms with E-state index in [1.165, 1.54) is 44.2 Å². The van der Waals surface area contributed by atoms with Crippen molar-refractivity contribution in [2.45, 2.75) is 57.4 Å². The predicted molar refractivity (Wildman–Crippen MR) is 114 cm³/mol. The van der Waals surface area contributed by atoms with Gasteiger partial charge in [0.15, 0.2) is 0 Å². The summed E-state index contributed by atoms with van der Waals surface area (Å²) in [7, 11) is 0. The third-order valence-corrected chi connectivity index (χ3v) is 5.81. The Morgan fingerprint density at radius 1 is 0.857 bits per heavy atom. The van der Waals surface area contributed by atoms with E-state index in [0.717, 1.165) is 37.3 Å². The van der Waals surface area contributed by atoms with E-state index in [-0.39, 0.29) is 5.91 Å². The molecule has 0 atom stereocenters. The highest BCUT2D eigenvalue weighted by atomic mass is 16.1. The van der Waals surface area contributed by atoms with Gasteiger partial charge >= 0.3 is 0 Å². The summed E-state index contributed by atoms with van der Waals surface area (Å²) in [6.45, 7) is 2.31. The van der Waals surface area contributed by atoms with E-state index < -0.39 is 0 Å². The summed E-state index contributed by atoms with van der Waals surface area (Å²) < 4.78 is 0. The van der Waals surface area contributed by atoms with Gasteiger partial charge in [-0.15, -0.1) is 0 Å². The fourth-order valence-corrected chi connectivity index (χ4v) is 4.18. The number of pyridine rings is 1. The highest BCUT2D eigenvalue weighted by Crippen LogP contribution is 2.24. The third kappa shape index (κ3) is 4.83. The number of nitrogens with zero attached hydrogens (tertiary/aromatic N) is 2. The predicted octanol–water partition coefficient (Wildman–Crippen LogP) is 4.88. The fourth-order valence-electron chi connectivity index (χ4n) is 4.18. The lowest BCUT2D eigenvalue weighted by Gasteiger charge is -2.28. The first kappa shape index (κ1) is 18.8. The van der Waals surface area contributed by atoms with Crippen LogP contribution in [0.3, 0.4) is 0 Å². The van der Waals surface area contributed by atoms with Gasteiger partial charge < -0.3 is 15.5 Å². The first-order valence-electron chi connectivity index (χ1n) is 10.7. The molecule has 28 heavy (non-hydrogen) atoms. The van der Waals surface area contributed by atoms with Crippen molar-refractivity contribution in [3.05, 3.63) is 48.3 Å². The molecule has 4 rings (SSSR count). The molecule has 1 aromatic carbocycles. The Balaban J connectivity index is 1.33. The molecule has 1 saturated heterocycles. The Bertz CT molecular complexity index is 760.